The highest BCUT2D eigenvalue weighted by Gasteiger charge is 2.26. The summed E-state index contributed by atoms with van der Waals surface area (Å²) in [5, 5.41) is 12.9. The molecular weight excluding hydrogens is 497 g/mol. The zero-order valence-electron chi connectivity index (χ0n) is 19.2. The lowest BCUT2D eigenvalue weighted by atomic mass is 9.77. The fourth-order valence-electron chi connectivity index (χ4n) is 3.44. The molecule has 0 aliphatic carbocycles. The topological polar surface area (TPSA) is 105 Å². The molecule has 0 fully saturated rings. The summed E-state index contributed by atoms with van der Waals surface area (Å²) < 4.78 is 33.8. The minimum Gasteiger partial charge on any atom is -0.489 e. The molecule has 0 saturated carbocycles. The van der Waals surface area contributed by atoms with Gasteiger partial charge >= 0.3 is 5.22 Å². The monoisotopic (exact) mass is 521 g/mol. The predicted molar refractivity (Wildman–Crippen MR) is 133 cm³/mol. The van der Waals surface area contributed by atoms with Crippen molar-refractivity contribution in [2.75, 3.05) is 24.1 Å². The summed E-state index contributed by atoms with van der Waals surface area (Å²) in [4.78, 5) is 4.05. The molecule has 0 aliphatic rings. The van der Waals surface area contributed by atoms with Gasteiger partial charge in [-0.25, -0.2) is 13.4 Å². The number of nitrogens with one attached hydrogen (secondary N) is 1. The lowest BCUT2D eigenvalue weighted by Gasteiger charge is -2.27. The number of halogens is 2. The largest absolute Gasteiger partial charge is 0.489 e. The van der Waals surface area contributed by atoms with Crippen LogP contribution in [0.1, 0.15) is 49.2 Å². The first-order valence-electron chi connectivity index (χ1n) is 10.4. The van der Waals surface area contributed by atoms with E-state index in [1.807, 2.05) is 51.1 Å². The molecule has 10 heteroatoms. The molecule has 1 atom stereocenters. The minimum atomic E-state index is -3.50. The molecule has 3 aromatic rings. The zero-order chi connectivity index (χ0) is 25.1. The van der Waals surface area contributed by atoms with Crippen LogP contribution in [0.15, 0.2) is 52.3 Å². The van der Waals surface area contributed by atoms with Gasteiger partial charge in [-0.05, 0) is 42.3 Å². The van der Waals surface area contributed by atoms with E-state index >= 15 is 0 Å². The first kappa shape index (κ1) is 25.9. The van der Waals surface area contributed by atoms with E-state index in [0.29, 0.717) is 27.9 Å². The second-order valence-electron chi connectivity index (χ2n) is 8.36. The molecule has 0 spiro atoms. The number of hydrogen-bond donors (Lipinski definition) is 1. The van der Waals surface area contributed by atoms with Gasteiger partial charge in [-0.1, -0.05) is 37.6 Å². The van der Waals surface area contributed by atoms with Gasteiger partial charge in [-0.3, -0.25) is 0 Å². The Morgan fingerprint density at radius 2 is 1.91 bits per heavy atom. The normalized spacial score (nSPS) is 12.7. The van der Waals surface area contributed by atoms with E-state index in [2.05, 4.69) is 16.4 Å². The molecule has 7 nitrogen and oxygen atoms in total. The third-order valence-corrected chi connectivity index (χ3v) is 6.72. The highest BCUT2D eigenvalue weighted by atomic mass is 35.5. The molecule has 1 N–H and O–H groups in total. The first-order valence-corrected chi connectivity index (χ1v) is 13.2. The van der Waals surface area contributed by atoms with Crippen molar-refractivity contribution in [2.45, 2.75) is 37.5 Å². The van der Waals surface area contributed by atoms with Gasteiger partial charge in [0.15, 0.2) is 5.75 Å². The van der Waals surface area contributed by atoms with Gasteiger partial charge in [0.05, 0.1) is 22.5 Å². The maximum atomic E-state index is 11.6. The maximum absolute atomic E-state index is 11.6. The van der Waals surface area contributed by atoms with E-state index < -0.39 is 15.3 Å². The van der Waals surface area contributed by atoms with Gasteiger partial charge in [0.1, 0.15) is 24.6 Å². The molecular formula is C24H25Cl2N3O4S. The van der Waals surface area contributed by atoms with Gasteiger partial charge < -0.3 is 14.5 Å². The molecule has 1 aromatic heterocycles. The van der Waals surface area contributed by atoms with Crippen molar-refractivity contribution in [3.8, 4) is 11.8 Å². The Morgan fingerprint density at radius 3 is 2.47 bits per heavy atom. The van der Waals surface area contributed by atoms with Crippen molar-refractivity contribution in [3.63, 3.8) is 0 Å². The van der Waals surface area contributed by atoms with Crippen LogP contribution in [-0.4, -0.2) is 32.1 Å². The number of sulfone groups is 1. The average Bonchev–Trinajstić information content (AvgIpc) is 3.29. The summed E-state index contributed by atoms with van der Waals surface area (Å²) in [6, 6.07) is 13.3. The van der Waals surface area contributed by atoms with E-state index in [0.717, 1.165) is 23.1 Å². The molecule has 0 aliphatic heterocycles. The summed E-state index contributed by atoms with van der Waals surface area (Å²) in [6.07, 6.45) is 2.39. The Labute approximate surface area is 209 Å². The number of alkyl halides is 1. The van der Waals surface area contributed by atoms with Crippen molar-refractivity contribution in [1.82, 2.24) is 4.98 Å². The van der Waals surface area contributed by atoms with Crippen LogP contribution in [0.4, 0.5) is 5.69 Å². The molecule has 3 rings (SSSR count). The average molecular weight is 522 g/mol. The summed E-state index contributed by atoms with van der Waals surface area (Å²) in [6.45, 7) is 6.22. The van der Waals surface area contributed by atoms with Crippen molar-refractivity contribution < 1.29 is 17.6 Å². The van der Waals surface area contributed by atoms with Gasteiger partial charge in [0, 0.05) is 17.4 Å². The number of rotatable bonds is 9. The Bertz CT molecular complexity index is 1310. The van der Waals surface area contributed by atoms with E-state index in [1.54, 1.807) is 6.07 Å². The third-order valence-electron chi connectivity index (χ3n) is 5.46. The number of ether oxygens (including phenoxy) is 1. The molecule has 0 bridgehead atoms. The molecule has 1 heterocycles. The molecule has 0 amide bonds. The van der Waals surface area contributed by atoms with Crippen LogP contribution >= 0.6 is 23.2 Å². The molecule has 0 radical (unpaired) electrons. The van der Waals surface area contributed by atoms with Crippen LogP contribution < -0.4 is 10.1 Å². The van der Waals surface area contributed by atoms with Gasteiger partial charge in [0.2, 0.25) is 9.84 Å². The van der Waals surface area contributed by atoms with E-state index in [-0.39, 0.29) is 17.9 Å². The van der Waals surface area contributed by atoms with Gasteiger partial charge in [0.25, 0.3) is 0 Å². The maximum Gasteiger partial charge on any atom is 0.314 e. The number of anilines is 1. The second-order valence-corrected chi connectivity index (χ2v) is 11.0. The van der Waals surface area contributed by atoms with E-state index in [9.17, 15) is 13.7 Å². The SMILES string of the molecule is CC(Nc1ccc(C(C)(C)c2cc(Cl)c(OCCCl)c(C#N)c2)cc1)c1coc(S(C)(=O)=O)n1. The van der Waals surface area contributed by atoms with Crippen LogP contribution in [0, 0.1) is 11.3 Å². The Hall–Kier alpha value is -2.73. The molecule has 0 saturated heterocycles. The summed E-state index contributed by atoms with van der Waals surface area (Å²) in [5.41, 5.74) is 3.12. The highest BCUT2D eigenvalue weighted by molar-refractivity contribution is 7.90. The van der Waals surface area contributed by atoms with Gasteiger partial charge in [-0.2, -0.15) is 5.26 Å². The quantitative estimate of drug-likeness (QED) is 0.359. The van der Waals surface area contributed by atoms with Crippen LogP contribution in [0.3, 0.4) is 0 Å². The zero-order valence-corrected chi connectivity index (χ0v) is 21.6. The fraction of sp³-hybridized carbons (Fsp3) is 0.333. The van der Waals surface area contributed by atoms with Gasteiger partial charge in [-0.15, -0.1) is 11.6 Å². The number of oxazole rings is 1. The fourth-order valence-corrected chi connectivity index (χ4v) is 4.28. The summed E-state index contributed by atoms with van der Waals surface area (Å²) >= 11 is 12.1. The number of nitrogens with zero attached hydrogens (tertiary/aromatic N) is 2. The van der Waals surface area contributed by atoms with Crippen molar-refractivity contribution >= 4 is 38.7 Å². The second kappa shape index (κ2) is 10.3. The summed E-state index contributed by atoms with van der Waals surface area (Å²) in [5.74, 6) is 0.632. The minimum absolute atomic E-state index is 0.259. The van der Waals surface area contributed by atoms with Crippen LogP contribution in [0.5, 0.6) is 5.75 Å². The third kappa shape index (κ3) is 5.66. The van der Waals surface area contributed by atoms with Crippen molar-refractivity contribution in [1.29, 1.82) is 5.26 Å². The molecule has 180 valence electrons. The molecule has 1 unspecified atom stereocenters. The lowest BCUT2D eigenvalue weighted by molar-refractivity contribution is 0.341. The van der Waals surface area contributed by atoms with Crippen molar-refractivity contribution in [3.05, 3.63) is 70.1 Å². The number of hydrogen-bond acceptors (Lipinski definition) is 7. The molecule has 34 heavy (non-hydrogen) atoms. The van der Waals surface area contributed by atoms with Crippen LogP contribution in [0.25, 0.3) is 0 Å². The number of aromatic nitrogens is 1. The lowest BCUT2D eigenvalue weighted by Crippen LogP contribution is -2.19. The summed E-state index contributed by atoms with van der Waals surface area (Å²) in [7, 11) is -3.50. The Morgan fingerprint density at radius 1 is 1.24 bits per heavy atom. The smallest absolute Gasteiger partial charge is 0.314 e. The number of benzene rings is 2. The molecule has 2 aromatic carbocycles. The van der Waals surface area contributed by atoms with Crippen LogP contribution in [-0.2, 0) is 15.3 Å². The first-order chi connectivity index (χ1) is 16.0. The van der Waals surface area contributed by atoms with E-state index in [4.69, 9.17) is 32.4 Å². The highest BCUT2D eigenvalue weighted by Crippen LogP contribution is 2.38. The van der Waals surface area contributed by atoms with Crippen molar-refractivity contribution in [2.24, 2.45) is 0 Å². The van der Waals surface area contributed by atoms with Crippen LogP contribution in [0.2, 0.25) is 5.02 Å². The standard InChI is InChI=1S/C24H25Cl2N3O4S/c1-15(21-14-33-23(29-21)34(4,30)31)28-19-7-5-17(6-8-19)24(2,3)18-11-16(13-27)22(20(26)12-18)32-10-9-25/h5-8,11-12,14-15,28H,9-10H2,1-4H3. The number of nitriles is 1. The Kier molecular flexibility index (Phi) is 7.81. The van der Waals surface area contributed by atoms with E-state index in [1.165, 1.54) is 6.26 Å². The predicted octanol–water partition coefficient (Wildman–Crippen LogP) is 5.72. The Balaban J connectivity index is 1.81.